The van der Waals surface area contributed by atoms with E-state index >= 15 is 0 Å². The third-order valence-corrected chi connectivity index (χ3v) is 6.55. The Bertz CT molecular complexity index is 609. The maximum Gasteiger partial charge on any atom is 0.200 e. The second-order valence-electron chi connectivity index (χ2n) is 8.30. The van der Waals surface area contributed by atoms with Crippen LogP contribution >= 0.6 is 0 Å². The average molecular weight is 363 g/mol. The Hall–Kier alpha value is -1.38. The molecule has 0 saturated heterocycles. The number of hydrogen-bond donors (Lipinski definition) is 0. The number of hydrogen-bond acceptors (Lipinski definition) is 1. The molecule has 0 atom stereocenters. The zero-order chi connectivity index (χ0) is 18.5. The summed E-state index contributed by atoms with van der Waals surface area (Å²) in [5, 5.41) is 0. The highest BCUT2D eigenvalue weighted by Gasteiger charge is 2.30. The van der Waals surface area contributed by atoms with Crippen molar-refractivity contribution in [1.29, 1.82) is 0 Å². The van der Waals surface area contributed by atoms with E-state index in [9.17, 15) is 8.78 Å². The molecule has 0 N–H and O–H groups in total. The van der Waals surface area contributed by atoms with Crippen molar-refractivity contribution in [2.75, 3.05) is 6.61 Å². The Kier molecular flexibility index (Phi) is 6.72. The first-order valence-electron chi connectivity index (χ1n) is 10.3. The van der Waals surface area contributed by atoms with E-state index in [0.717, 1.165) is 30.6 Å². The van der Waals surface area contributed by atoms with Crippen molar-refractivity contribution in [3.63, 3.8) is 0 Å². The van der Waals surface area contributed by atoms with Crippen LogP contribution in [0.25, 0.3) is 0 Å². The first-order valence-corrected chi connectivity index (χ1v) is 10.3. The summed E-state index contributed by atoms with van der Waals surface area (Å²) >= 11 is 0. The Morgan fingerprint density at radius 1 is 0.923 bits per heavy atom. The van der Waals surface area contributed by atoms with Gasteiger partial charge < -0.3 is 4.74 Å². The summed E-state index contributed by atoms with van der Waals surface area (Å²) in [6.45, 7) is 4.18. The minimum Gasteiger partial charge on any atom is -0.490 e. The summed E-state index contributed by atoms with van der Waals surface area (Å²) in [4.78, 5) is 0. The van der Waals surface area contributed by atoms with Crippen LogP contribution in [0.5, 0.6) is 5.75 Å². The maximum atomic E-state index is 13.9. The van der Waals surface area contributed by atoms with Crippen LogP contribution in [0.2, 0.25) is 0 Å². The number of aryl methyl sites for hydroxylation is 1. The lowest BCUT2D eigenvalue weighted by Crippen LogP contribution is -2.27. The van der Waals surface area contributed by atoms with Crippen molar-refractivity contribution in [2.24, 2.45) is 23.7 Å². The summed E-state index contributed by atoms with van der Waals surface area (Å²) in [7, 11) is 0. The Labute approximate surface area is 156 Å². The van der Waals surface area contributed by atoms with Crippen LogP contribution < -0.4 is 4.74 Å². The molecule has 2 saturated carbocycles. The van der Waals surface area contributed by atoms with Gasteiger partial charge in [0.2, 0.25) is 5.82 Å². The van der Waals surface area contributed by atoms with Crippen LogP contribution in [-0.4, -0.2) is 6.61 Å². The van der Waals surface area contributed by atoms with Crippen molar-refractivity contribution in [2.45, 2.75) is 65.2 Å². The first-order chi connectivity index (χ1) is 12.6. The van der Waals surface area contributed by atoms with Crippen molar-refractivity contribution in [3.8, 4) is 5.75 Å². The van der Waals surface area contributed by atoms with E-state index in [0.29, 0.717) is 18.1 Å². The van der Waals surface area contributed by atoms with E-state index in [2.05, 4.69) is 19.1 Å². The molecule has 3 heteroatoms. The smallest absolute Gasteiger partial charge is 0.200 e. The van der Waals surface area contributed by atoms with Crippen LogP contribution in [0.4, 0.5) is 8.78 Å². The van der Waals surface area contributed by atoms with Crippen molar-refractivity contribution in [1.82, 2.24) is 0 Å². The molecule has 1 aromatic rings. The van der Waals surface area contributed by atoms with E-state index in [4.69, 9.17) is 4.74 Å². The molecule has 2 aliphatic rings. The Balaban J connectivity index is 1.42. The van der Waals surface area contributed by atoms with Gasteiger partial charge in [0.15, 0.2) is 11.6 Å². The fourth-order valence-electron chi connectivity index (χ4n) is 4.85. The fourth-order valence-corrected chi connectivity index (χ4v) is 4.85. The number of halogens is 2. The molecule has 26 heavy (non-hydrogen) atoms. The molecule has 0 aliphatic heterocycles. The second kappa shape index (κ2) is 9.01. The van der Waals surface area contributed by atoms with Gasteiger partial charge in [0.05, 0.1) is 6.61 Å². The first kappa shape index (κ1) is 19.4. The highest BCUT2D eigenvalue weighted by atomic mass is 19.2. The normalized spacial score (nSPS) is 29.8. The zero-order valence-electron chi connectivity index (χ0n) is 16.1. The number of ether oxygens (including phenoxy) is 1. The highest BCUT2D eigenvalue weighted by molar-refractivity contribution is 5.30. The number of rotatable bonds is 5. The quantitative estimate of drug-likeness (QED) is 0.521. The van der Waals surface area contributed by atoms with Crippen LogP contribution in [0, 0.1) is 42.2 Å². The Morgan fingerprint density at radius 3 is 2.15 bits per heavy atom. The summed E-state index contributed by atoms with van der Waals surface area (Å²) < 4.78 is 33.1. The third-order valence-electron chi connectivity index (χ3n) is 6.55. The van der Waals surface area contributed by atoms with Gasteiger partial charge in [-0.05, 0) is 101 Å². The lowest BCUT2D eigenvalue weighted by atomic mass is 9.69. The topological polar surface area (TPSA) is 9.23 Å². The minimum atomic E-state index is -0.850. The SMILES string of the molecule is C/C=C/C1CCC(C2CCC(COc3ccc(C)c(F)c3F)CC2)CC1. The summed E-state index contributed by atoms with van der Waals surface area (Å²) in [5.41, 5.74) is 0.319. The summed E-state index contributed by atoms with van der Waals surface area (Å²) in [5.74, 6) is 1.42. The van der Waals surface area contributed by atoms with Gasteiger partial charge in [-0.25, -0.2) is 4.39 Å². The van der Waals surface area contributed by atoms with Gasteiger partial charge in [-0.3, -0.25) is 0 Å². The van der Waals surface area contributed by atoms with E-state index in [1.807, 2.05) is 0 Å². The van der Waals surface area contributed by atoms with Gasteiger partial charge in [-0.2, -0.15) is 4.39 Å². The highest BCUT2D eigenvalue weighted by Crippen LogP contribution is 2.41. The van der Waals surface area contributed by atoms with Crippen LogP contribution in [0.3, 0.4) is 0 Å². The van der Waals surface area contributed by atoms with Gasteiger partial charge in [0, 0.05) is 0 Å². The second-order valence-corrected chi connectivity index (χ2v) is 8.30. The molecule has 144 valence electrons. The molecule has 3 rings (SSSR count). The molecule has 1 nitrogen and oxygen atoms in total. The Morgan fingerprint density at radius 2 is 1.54 bits per heavy atom. The van der Waals surface area contributed by atoms with Crippen molar-refractivity contribution in [3.05, 3.63) is 41.5 Å². The molecule has 2 fully saturated rings. The van der Waals surface area contributed by atoms with Crippen molar-refractivity contribution >= 4 is 0 Å². The zero-order valence-corrected chi connectivity index (χ0v) is 16.1. The largest absolute Gasteiger partial charge is 0.490 e. The van der Waals surface area contributed by atoms with Gasteiger partial charge in [0.25, 0.3) is 0 Å². The van der Waals surface area contributed by atoms with E-state index in [-0.39, 0.29) is 5.75 Å². The number of benzene rings is 1. The predicted molar refractivity (Wildman–Crippen MR) is 102 cm³/mol. The molecule has 1 aromatic carbocycles. The van der Waals surface area contributed by atoms with Crippen molar-refractivity contribution < 1.29 is 13.5 Å². The van der Waals surface area contributed by atoms with Gasteiger partial charge in [-0.15, -0.1) is 0 Å². The van der Waals surface area contributed by atoms with Crippen LogP contribution in [-0.2, 0) is 0 Å². The van der Waals surface area contributed by atoms with E-state index in [1.165, 1.54) is 38.5 Å². The molecule has 0 aromatic heterocycles. The molecule has 0 bridgehead atoms. The standard InChI is InChI=1S/C23H32F2O/c1-3-4-17-6-10-19(11-7-17)20-12-8-18(9-13-20)15-26-21-14-5-16(2)22(24)23(21)25/h3-5,14,17-20H,6-13,15H2,1-2H3/b4-3+. The minimum absolute atomic E-state index is 0.0533. The monoisotopic (exact) mass is 362 g/mol. The maximum absolute atomic E-state index is 13.9. The molecular formula is C23H32F2O. The molecule has 0 heterocycles. The molecule has 0 amide bonds. The summed E-state index contributed by atoms with van der Waals surface area (Å²) in [6.07, 6.45) is 14.8. The lowest BCUT2D eigenvalue weighted by molar-refractivity contribution is 0.127. The van der Waals surface area contributed by atoms with E-state index in [1.54, 1.807) is 19.1 Å². The predicted octanol–water partition coefficient (Wildman–Crippen LogP) is 6.84. The average Bonchev–Trinajstić information content (AvgIpc) is 2.67. The van der Waals surface area contributed by atoms with Gasteiger partial charge in [-0.1, -0.05) is 18.2 Å². The molecular weight excluding hydrogens is 330 g/mol. The fraction of sp³-hybridized carbons (Fsp3) is 0.652. The third kappa shape index (κ3) is 4.66. The van der Waals surface area contributed by atoms with Gasteiger partial charge >= 0.3 is 0 Å². The molecule has 2 aliphatic carbocycles. The van der Waals surface area contributed by atoms with Gasteiger partial charge in [0.1, 0.15) is 0 Å². The van der Waals surface area contributed by atoms with E-state index < -0.39 is 11.6 Å². The lowest BCUT2D eigenvalue weighted by Gasteiger charge is -2.37. The molecule has 0 spiro atoms. The summed E-state index contributed by atoms with van der Waals surface area (Å²) in [6, 6.07) is 3.12. The van der Waals surface area contributed by atoms with Crippen LogP contribution in [0.1, 0.15) is 63.9 Å². The molecule has 0 radical (unpaired) electrons. The molecule has 0 unspecified atom stereocenters. The van der Waals surface area contributed by atoms with Crippen LogP contribution in [0.15, 0.2) is 24.3 Å². The number of allylic oxidation sites excluding steroid dienone is 2.